The molecule has 208 valence electrons. The minimum absolute atomic E-state index is 0.136. The van der Waals surface area contributed by atoms with Gasteiger partial charge in [0.15, 0.2) is 0 Å². The Hall–Kier alpha value is -3.56. The standard InChI is InChI=1S/C28H32Cl2N4O5/c1-2-3-8-24(33-25(35)13-10-18-16-31-22-7-5-4-6-19(18)22)34-28(39)23(12-14-26(36)37)32-27(38)17-9-11-20(29)21(30)15-17/h4-7,9,11,15-16,23-24,31H,2-3,8,10,12-14H2,1H3,(H,32,38)(H,33,35)(H,34,39)(H,36,37). The van der Waals surface area contributed by atoms with Crippen molar-refractivity contribution >= 4 is 57.8 Å². The minimum atomic E-state index is -1.14. The van der Waals surface area contributed by atoms with Crippen LogP contribution in [0.3, 0.4) is 0 Å². The Kier molecular flexibility index (Phi) is 11.2. The number of hydrogen-bond donors (Lipinski definition) is 5. The number of aromatic nitrogens is 1. The molecular weight excluding hydrogens is 543 g/mol. The number of aryl methyl sites for hydroxylation is 1. The Morgan fingerprint density at radius 2 is 1.72 bits per heavy atom. The molecule has 0 aliphatic carbocycles. The van der Waals surface area contributed by atoms with Gasteiger partial charge < -0.3 is 26.0 Å². The van der Waals surface area contributed by atoms with E-state index in [2.05, 4.69) is 20.9 Å². The highest BCUT2D eigenvalue weighted by Crippen LogP contribution is 2.23. The van der Waals surface area contributed by atoms with Crippen LogP contribution < -0.4 is 16.0 Å². The van der Waals surface area contributed by atoms with Crippen molar-refractivity contribution in [1.29, 1.82) is 0 Å². The molecule has 39 heavy (non-hydrogen) atoms. The third-order valence-electron chi connectivity index (χ3n) is 6.24. The minimum Gasteiger partial charge on any atom is -0.481 e. The predicted molar refractivity (Wildman–Crippen MR) is 151 cm³/mol. The number of fused-ring (bicyclic) bond motifs is 1. The molecule has 0 fully saturated rings. The molecule has 0 spiro atoms. The van der Waals surface area contributed by atoms with Gasteiger partial charge in [-0.1, -0.05) is 54.7 Å². The Morgan fingerprint density at radius 1 is 0.949 bits per heavy atom. The molecule has 3 aromatic rings. The van der Waals surface area contributed by atoms with Crippen LogP contribution in [0.5, 0.6) is 0 Å². The normalized spacial score (nSPS) is 12.5. The lowest BCUT2D eigenvalue weighted by atomic mass is 10.1. The topological polar surface area (TPSA) is 140 Å². The molecule has 2 aromatic carbocycles. The predicted octanol–water partition coefficient (Wildman–Crippen LogP) is 4.82. The van der Waals surface area contributed by atoms with Crippen molar-refractivity contribution in [2.75, 3.05) is 0 Å². The lowest BCUT2D eigenvalue weighted by Gasteiger charge is -2.24. The number of aliphatic carboxylic acids is 1. The lowest BCUT2D eigenvalue weighted by Crippen LogP contribution is -2.54. The highest BCUT2D eigenvalue weighted by molar-refractivity contribution is 6.42. The van der Waals surface area contributed by atoms with Crippen molar-refractivity contribution in [2.24, 2.45) is 0 Å². The van der Waals surface area contributed by atoms with Crippen molar-refractivity contribution in [3.8, 4) is 0 Å². The van der Waals surface area contributed by atoms with Gasteiger partial charge in [0.25, 0.3) is 5.91 Å². The summed E-state index contributed by atoms with van der Waals surface area (Å²) in [5.41, 5.74) is 2.19. The van der Waals surface area contributed by atoms with Gasteiger partial charge in [-0.3, -0.25) is 19.2 Å². The first-order valence-electron chi connectivity index (χ1n) is 12.8. The molecule has 1 heterocycles. The van der Waals surface area contributed by atoms with E-state index < -0.39 is 30.0 Å². The molecule has 11 heteroatoms. The quantitative estimate of drug-likeness (QED) is 0.175. The van der Waals surface area contributed by atoms with Crippen LogP contribution in [0.2, 0.25) is 10.0 Å². The van der Waals surface area contributed by atoms with Gasteiger partial charge in [0, 0.05) is 35.5 Å². The number of nitrogens with one attached hydrogen (secondary N) is 4. The van der Waals surface area contributed by atoms with Gasteiger partial charge in [0.05, 0.1) is 10.0 Å². The van der Waals surface area contributed by atoms with E-state index in [0.717, 1.165) is 29.3 Å². The zero-order chi connectivity index (χ0) is 28.4. The van der Waals surface area contributed by atoms with E-state index in [0.29, 0.717) is 12.8 Å². The zero-order valence-electron chi connectivity index (χ0n) is 21.6. The first-order chi connectivity index (χ1) is 18.7. The average Bonchev–Trinajstić information content (AvgIpc) is 3.32. The summed E-state index contributed by atoms with van der Waals surface area (Å²) in [6.07, 6.45) is 3.53. The van der Waals surface area contributed by atoms with Crippen LogP contribution in [0.4, 0.5) is 0 Å². The molecule has 0 saturated carbocycles. The molecule has 9 nitrogen and oxygen atoms in total. The highest BCUT2D eigenvalue weighted by atomic mass is 35.5. The fourth-order valence-electron chi connectivity index (χ4n) is 4.13. The Bertz CT molecular complexity index is 1330. The van der Waals surface area contributed by atoms with Gasteiger partial charge in [-0.05, 0) is 55.5 Å². The SMILES string of the molecule is CCCCC(NC(=O)CCc1c[nH]c2ccccc12)NC(=O)C(CCC(=O)O)NC(=O)c1ccc(Cl)c(Cl)c1. The van der Waals surface area contributed by atoms with Crippen LogP contribution in [0, 0.1) is 0 Å². The number of carbonyl (C=O) groups excluding carboxylic acids is 3. The zero-order valence-corrected chi connectivity index (χ0v) is 23.1. The molecule has 0 radical (unpaired) electrons. The smallest absolute Gasteiger partial charge is 0.303 e. The van der Waals surface area contributed by atoms with Crippen molar-refractivity contribution in [2.45, 2.75) is 64.1 Å². The van der Waals surface area contributed by atoms with Gasteiger partial charge in [0.1, 0.15) is 12.2 Å². The number of halogens is 2. The van der Waals surface area contributed by atoms with Crippen LogP contribution in [0.25, 0.3) is 10.9 Å². The average molecular weight is 575 g/mol. The van der Waals surface area contributed by atoms with Gasteiger partial charge in [0.2, 0.25) is 11.8 Å². The van der Waals surface area contributed by atoms with E-state index in [1.54, 1.807) is 0 Å². The number of benzene rings is 2. The largest absolute Gasteiger partial charge is 0.481 e. The summed E-state index contributed by atoms with van der Waals surface area (Å²) in [6.45, 7) is 1.99. The molecule has 0 aliphatic rings. The van der Waals surface area contributed by atoms with Crippen LogP contribution >= 0.6 is 23.2 Å². The first-order valence-corrected chi connectivity index (χ1v) is 13.6. The number of rotatable bonds is 14. The van der Waals surface area contributed by atoms with Gasteiger partial charge >= 0.3 is 5.97 Å². The van der Waals surface area contributed by atoms with E-state index in [-0.39, 0.29) is 40.8 Å². The lowest BCUT2D eigenvalue weighted by molar-refractivity contribution is -0.137. The highest BCUT2D eigenvalue weighted by Gasteiger charge is 2.25. The van der Waals surface area contributed by atoms with E-state index >= 15 is 0 Å². The van der Waals surface area contributed by atoms with E-state index in [4.69, 9.17) is 28.3 Å². The van der Waals surface area contributed by atoms with Crippen LogP contribution in [0.15, 0.2) is 48.7 Å². The second-order valence-corrected chi connectivity index (χ2v) is 10.0. The van der Waals surface area contributed by atoms with Crippen LogP contribution in [0.1, 0.15) is 61.4 Å². The molecule has 0 saturated heterocycles. The molecular formula is C28H32Cl2N4O5. The van der Waals surface area contributed by atoms with Crippen LogP contribution in [-0.4, -0.2) is 46.0 Å². The summed E-state index contributed by atoms with van der Waals surface area (Å²) in [7, 11) is 0. The van der Waals surface area contributed by atoms with Crippen molar-refractivity contribution in [3.63, 3.8) is 0 Å². The molecule has 5 N–H and O–H groups in total. The number of amides is 3. The second kappa shape index (κ2) is 14.6. The van der Waals surface area contributed by atoms with E-state index in [9.17, 15) is 19.2 Å². The maximum atomic E-state index is 13.2. The molecule has 2 atom stereocenters. The monoisotopic (exact) mass is 574 g/mol. The molecule has 0 bridgehead atoms. The number of H-pyrrole nitrogens is 1. The third-order valence-corrected chi connectivity index (χ3v) is 6.98. The van der Waals surface area contributed by atoms with Gasteiger partial charge in [-0.25, -0.2) is 0 Å². The number of hydrogen-bond acceptors (Lipinski definition) is 4. The van der Waals surface area contributed by atoms with Crippen molar-refractivity contribution in [1.82, 2.24) is 20.9 Å². The first kappa shape index (κ1) is 30.0. The summed E-state index contributed by atoms with van der Waals surface area (Å²) in [5, 5.41) is 18.9. The third kappa shape index (κ3) is 9.01. The number of para-hydroxylation sites is 1. The second-order valence-electron chi connectivity index (χ2n) is 9.22. The fraction of sp³-hybridized carbons (Fsp3) is 0.357. The number of aromatic amines is 1. The Labute approximate surface area is 236 Å². The summed E-state index contributed by atoms with van der Waals surface area (Å²) < 4.78 is 0. The molecule has 1 aromatic heterocycles. The molecule has 2 unspecified atom stereocenters. The van der Waals surface area contributed by atoms with E-state index in [1.807, 2.05) is 37.4 Å². The maximum absolute atomic E-state index is 13.2. The fourth-order valence-corrected chi connectivity index (χ4v) is 4.43. The number of carboxylic acids is 1. The number of carboxylic acid groups (broad SMARTS) is 1. The number of carbonyl (C=O) groups is 4. The number of unbranched alkanes of at least 4 members (excludes halogenated alkanes) is 1. The van der Waals surface area contributed by atoms with Gasteiger partial charge in [-0.15, -0.1) is 0 Å². The Balaban J connectivity index is 1.65. The van der Waals surface area contributed by atoms with Crippen molar-refractivity contribution in [3.05, 3.63) is 69.8 Å². The Morgan fingerprint density at radius 3 is 2.44 bits per heavy atom. The van der Waals surface area contributed by atoms with E-state index in [1.165, 1.54) is 18.2 Å². The summed E-state index contributed by atoms with van der Waals surface area (Å²) in [6, 6.07) is 11.0. The summed E-state index contributed by atoms with van der Waals surface area (Å²) in [5.74, 6) is -2.54. The summed E-state index contributed by atoms with van der Waals surface area (Å²) in [4.78, 5) is 53.1. The summed E-state index contributed by atoms with van der Waals surface area (Å²) >= 11 is 11.9. The molecule has 3 rings (SSSR count). The van der Waals surface area contributed by atoms with Crippen LogP contribution in [-0.2, 0) is 20.8 Å². The molecule has 3 amide bonds. The molecule has 0 aliphatic heterocycles. The van der Waals surface area contributed by atoms with Crippen molar-refractivity contribution < 1.29 is 24.3 Å². The van der Waals surface area contributed by atoms with Gasteiger partial charge in [-0.2, -0.15) is 0 Å². The maximum Gasteiger partial charge on any atom is 0.303 e.